The lowest BCUT2D eigenvalue weighted by molar-refractivity contribution is -0.135. The monoisotopic (exact) mass is 924 g/mol. The highest BCUT2D eigenvalue weighted by Gasteiger charge is 2.62. The van der Waals surface area contributed by atoms with Crippen LogP contribution in [0.2, 0.25) is 10.0 Å². The largest absolute Gasteiger partial charge is 0.428 e. The Balaban J connectivity index is 1.26. The maximum absolute atomic E-state index is 16.0. The van der Waals surface area contributed by atoms with Crippen molar-refractivity contribution >= 4 is 49.0 Å². The Morgan fingerprint density at radius 2 is 0.918 bits per heavy atom. The number of amides is 1. The molecule has 2 atom stereocenters. The van der Waals surface area contributed by atoms with Gasteiger partial charge in [0.15, 0.2) is 19.7 Å². The molecule has 4 aromatic carbocycles. The van der Waals surface area contributed by atoms with Crippen LogP contribution in [0.4, 0.5) is 22.4 Å². The summed E-state index contributed by atoms with van der Waals surface area (Å²) in [4.78, 5) is 20.8. The van der Waals surface area contributed by atoms with Crippen molar-refractivity contribution in [1.82, 2.24) is 9.96 Å². The van der Waals surface area contributed by atoms with Crippen LogP contribution in [-0.4, -0.2) is 59.1 Å². The van der Waals surface area contributed by atoms with Gasteiger partial charge in [-0.3, -0.25) is 0 Å². The second-order valence-electron chi connectivity index (χ2n) is 18.0. The summed E-state index contributed by atoms with van der Waals surface area (Å²) in [6.45, 7) is 10.2. The summed E-state index contributed by atoms with van der Waals surface area (Å²) in [5, 5.41) is 2.00. The topological polar surface area (TPSA) is 101 Å². The van der Waals surface area contributed by atoms with Gasteiger partial charge in [-0.2, -0.15) is 0 Å². The third kappa shape index (κ3) is 8.20. The van der Waals surface area contributed by atoms with E-state index >= 15 is 8.78 Å². The van der Waals surface area contributed by atoms with Crippen molar-refractivity contribution < 1.29 is 44.0 Å². The van der Waals surface area contributed by atoms with Crippen LogP contribution in [0.25, 0.3) is 0 Å². The number of sulfone groups is 2. The zero-order chi connectivity index (χ0) is 44.9. The van der Waals surface area contributed by atoms with Crippen molar-refractivity contribution in [3.63, 3.8) is 0 Å². The minimum atomic E-state index is -4.47. The molecule has 2 aliphatic heterocycles. The van der Waals surface area contributed by atoms with Crippen molar-refractivity contribution in [2.75, 3.05) is 26.2 Å². The molecule has 6 rings (SSSR count). The summed E-state index contributed by atoms with van der Waals surface area (Å²) in [6, 6.07) is 16.7. The van der Waals surface area contributed by atoms with Gasteiger partial charge in [0.25, 0.3) is 0 Å². The van der Waals surface area contributed by atoms with Gasteiger partial charge in [0.1, 0.15) is 32.8 Å². The summed E-state index contributed by atoms with van der Waals surface area (Å²) in [6.07, 6.45) is -0.320. The van der Waals surface area contributed by atoms with Gasteiger partial charge in [-0.15, -0.1) is 5.06 Å². The first-order valence-corrected chi connectivity index (χ1v) is 23.7. The molecule has 0 aliphatic carbocycles. The van der Waals surface area contributed by atoms with E-state index < -0.39 is 81.2 Å². The third-order valence-electron chi connectivity index (χ3n) is 12.5. The molecule has 2 fully saturated rings. The number of likely N-dealkylation sites (tertiary alicyclic amines) is 1. The Hall–Kier alpha value is -3.69. The van der Waals surface area contributed by atoms with Crippen LogP contribution < -0.4 is 0 Å². The molecule has 2 unspecified atom stereocenters. The number of carbonyl (C=O) groups excluding carboxylic acids is 1. The van der Waals surface area contributed by atoms with Gasteiger partial charge in [0.05, 0.1) is 9.79 Å². The number of rotatable bonds is 9. The molecular formula is C45H50Cl2F4N2O6S2. The Labute approximate surface area is 366 Å². The zero-order valence-corrected chi connectivity index (χ0v) is 38.0. The highest BCUT2D eigenvalue weighted by atomic mass is 35.5. The van der Waals surface area contributed by atoms with E-state index in [0.29, 0.717) is 10.0 Å². The van der Waals surface area contributed by atoms with Gasteiger partial charge >= 0.3 is 6.09 Å². The van der Waals surface area contributed by atoms with Gasteiger partial charge in [-0.25, -0.2) is 39.2 Å². The average Bonchev–Trinajstić information content (AvgIpc) is 3.18. The van der Waals surface area contributed by atoms with Crippen LogP contribution >= 0.6 is 23.2 Å². The Kier molecular flexibility index (Phi) is 13.1. The minimum absolute atomic E-state index is 0.0240. The van der Waals surface area contributed by atoms with Crippen molar-refractivity contribution in [3.05, 3.63) is 129 Å². The lowest BCUT2D eigenvalue weighted by Crippen LogP contribution is -2.57. The summed E-state index contributed by atoms with van der Waals surface area (Å²) in [5.74, 6) is -4.91. The Bertz CT molecular complexity index is 2480. The SMILES string of the molecule is CC(C)(C)C(c1cc(F)ccc1F)(C1CCN(OC(=O)N2CCC(C(c3cc(F)ccc3F)(C(C)(C)C)S(=O)(=O)c3ccc(Cl)cc3)CC2)CC1)S(=O)(=O)c1ccc(Cl)cc1. The van der Waals surface area contributed by atoms with Crippen LogP contribution in [0.1, 0.15) is 78.4 Å². The van der Waals surface area contributed by atoms with Crippen LogP contribution in [0.15, 0.2) is 94.7 Å². The Morgan fingerprint density at radius 3 is 1.26 bits per heavy atom. The summed E-state index contributed by atoms with van der Waals surface area (Å²) in [7, 11) is -8.94. The highest BCUT2D eigenvalue weighted by molar-refractivity contribution is 7.92. The predicted molar refractivity (Wildman–Crippen MR) is 227 cm³/mol. The number of hydrogen-bond acceptors (Lipinski definition) is 7. The van der Waals surface area contributed by atoms with Crippen LogP contribution in [0.3, 0.4) is 0 Å². The highest BCUT2D eigenvalue weighted by Crippen LogP contribution is 2.59. The number of halogens is 6. The fourth-order valence-corrected chi connectivity index (χ4v) is 16.0. The van der Waals surface area contributed by atoms with Crippen molar-refractivity contribution in [2.45, 2.75) is 86.5 Å². The Morgan fingerprint density at radius 1 is 0.574 bits per heavy atom. The molecule has 1 amide bonds. The van der Waals surface area contributed by atoms with Crippen molar-refractivity contribution in [2.24, 2.45) is 22.7 Å². The summed E-state index contributed by atoms with van der Waals surface area (Å²) < 4.78 is 118. The molecule has 0 bridgehead atoms. The van der Waals surface area contributed by atoms with Gasteiger partial charge < -0.3 is 9.74 Å². The number of nitrogens with zero attached hydrogens (tertiary/aromatic N) is 2. The van der Waals surface area contributed by atoms with Crippen LogP contribution in [0, 0.1) is 45.9 Å². The lowest BCUT2D eigenvalue weighted by atomic mass is 9.65. The van der Waals surface area contributed by atoms with E-state index in [-0.39, 0.29) is 72.8 Å². The molecule has 8 nitrogen and oxygen atoms in total. The molecule has 2 saturated heterocycles. The van der Waals surface area contributed by atoms with Gasteiger partial charge in [-0.05, 0) is 133 Å². The minimum Gasteiger partial charge on any atom is -0.351 e. The maximum atomic E-state index is 16.0. The molecule has 0 saturated carbocycles. The fraction of sp³-hybridized carbons (Fsp3) is 0.444. The van der Waals surface area contributed by atoms with E-state index in [4.69, 9.17) is 28.0 Å². The molecule has 16 heteroatoms. The van der Waals surface area contributed by atoms with E-state index in [9.17, 15) is 30.4 Å². The molecule has 61 heavy (non-hydrogen) atoms. The summed E-state index contributed by atoms with van der Waals surface area (Å²) in [5.41, 5.74) is -2.99. The first-order chi connectivity index (χ1) is 28.4. The number of piperidine rings is 2. The molecule has 2 heterocycles. The number of benzene rings is 4. The molecule has 0 N–H and O–H groups in total. The predicted octanol–water partition coefficient (Wildman–Crippen LogP) is 11.2. The van der Waals surface area contributed by atoms with E-state index in [1.807, 2.05) is 0 Å². The molecule has 0 aromatic heterocycles. The van der Waals surface area contributed by atoms with Crippen molar-refractivity contribution in [1.29, 1.82) is 0 Å². The van der Waals surface area contributed by atoms with E-state index in [1.165, 1.54) is 58.5 Å². The van der Waals surface area contributed by atoms with Gasteiger partial charge in [-0.1, -0.05) is 64.7 Å². The second-order valence-corrected chi connectivity index (χ2v) is 23.1. The number of carbonyl (C=O) groups is 1. The maximum Gasteiger partial charge on any atom is 0.428 e. The van der Waals surface area contributed by atoms with Crippen LogP contribution in [-0.2, 0) is 34.0 Å². The quantitative estimate of drug-likeness (QED) is 0.154. The van der Waals surface area contributed by atoms with Crippen molar-refractivity contribution in [3.8, 4) is 0 Å². The van der Waals surface area contributed by atoms with E-state index in [1.54, 1.807) is 41.5 Å². The van der Waals surface area contributed by atoms with Gasteiger partial charge in [0, 0.05) is 47.4 Å². The van der Waals surface area contributed by atoms with E-state index in [0.717, 1.165) is 36.4 Å². The first kappa shape index (κ1) is 46.8. The standard InChI is InChI=1S/C45H50Cl2F4N2O6S2/c1-42(2,3)44(37-27-33(48)11-17-39(37)50,60(55,56)35-13-7-31(46)8-14-35)29-19-23-52(24-20-29)41(54)59-53-25-21-30(22-26-53)45(43(4,5)6,38-28-34(49)12-18-40(38)51)61(57,58)36-15-9-32(47)10-16-36/h7-18,27-30H,19-26H2,1-6H3. The third-order valence-corrected chi connectivity index (χ3v) is 18.9. The smallest absolute Gasteiger partial charge is 0.351 e. The first-order valence-electron chi connectivity index (χ1n) is 20.0. The molecule has 4 aromatic rings. The van der Waals surface area contributed by atoms with E-state index in [2.05, 4.69) is 0 Å². The number of hydroxylamine groups is 2. The second kappa shape index (κ2) is 17.1. The molecular weight excluding hydrogens is 876 g/mol. The number of hydrogen-bond donors (Lipinski definition) is 0. The average molecular weight is 926 g/mol. The van der Waals surface area contributed by atoms with Crippen LogP contribution in [0.5, 0.6) is 0 Å². The van der Waals surface area contributed by atoms with Gasteiger partial charge in [0.2, 0.25) is 0 Å². The lowest BCUT2D eigenvalue weighted by Gasteiger charge is -2.52. The zero-order valence-electron chi connectivity index (χ0n) is 34.8. The summed E-state index contributed by atoms with van der Waals surface area (Å²) >= 11 is 12.2. The molecule has 0 spiro atoms. The molecule has 0 radical (unpaired) electrons. The molecule has 330 valence electrons. The fourth-order valence-electron chi connectivity index (χ4n) is 10.2. The normalized spacial score (nSPS) is 18.7. The molecule has 2 aliphatic rings.